The molecule has 2 heterocycles. The topological polar surface area (TPSA) is 62.6 Å². The molecule has 1 saturated heterocycles. The lowest BCUT2D eigenvalue weighted by Crippen LogP contribution is -2.28. The molecular formula is C19H25N3O3S. The van der Waals surface area contributed by atoms with Gasteiger partial charge in [-0.05, 0) is 44.4 Å². The molecule has 7 heteroatoms. The highest BCUT2D eigenvalue weighted by molar-refractivity contribution is 7.89. The number of anilines is 1. The standard InChI is InChI=1S/C19H25N3O3S/c1-14-7-8-17(15(2)11-14)21(4)19(23)18-12-16(13-20(18)3)26(24,25)22-9-5-6-10-22/h7-8,11-13H,5-6,9-10H2,1-4H3. The fourth-order valence-electron chi connectivity index (χ4n) is 3.43. The highest BCUT2D eigenvalue weighted by Crippen LogP contribution is 2.25. The minimum Gasteiger partial charge on any atom is -0.345 e. The molecule has 0 radical (unpaired) electrons. The van der Waals surface area contributed by atoms with Crippen LogP contribution in [0.1, 0.15) is 34.5 Å². The third-order valence-electron chi connectivity index (χ3n) is 4.92. The van der Waals surface area contributed by atoms with E-state index in [0.29, 0.717) is 18.8 Å². The van der Waals surface area contributed by atoms with Gasteiger partial charge in [0.15, 0.2) is 0 Å². The highest BCUT2D eigenvalue weighted by Gasteiger charge is 2.30. The van der Waals surface area contributed by atoms with E-state index in [-0.39, 0.29) is 10.8 Å². The van der Waals surface area contributed by atoms with E-state index in [1.54, 1.807) is 23.6 Å². The maximum absolute atomic E-state index is 13.0. The second-order valence-corrected chi connectivity index (χ2v) is 8.88. The Balaban J connectivity index is 1.92. The fraction of sp³-hybridized carbons (Fsp3) is 0.421. The van der Waals surface area contributed by atoms with Crippen molar-refractivity contribution >= 4 is 21.6 Å². The Morgan fingerprint density at radius 1 is 1.12 bits per heavy atom. The molecule has 1 aromatic carbocycles. The summed E-state index contributed by atoms with van der Waals surface area (Å²) in [7, 11) is -0.126. The van der Waals surface area contributed by atoms with Crippen molar-refractivity contribution < 1.29 is 13.2 Å². The van der Waals surface area contributed by atoms with Crippen LogP contribution in [0.5, 0.6) is 0 Å². The molecule has 0 aliphatic carbocycles. The summed E-state index contributed by atoms with van der Waals surface area (Å²) in [4.78, 5) is 14.7. The van der Waals surface area contributed by atoms with Crippen LogP contribution < -0.4 is 4.90 Å². The van der Waals surface area contributed by atoms with Crippen LogP contribution in [0.15, 0.2) is 35.4 Å². The van der Waals surface area contributed by atoms with Gasteiger partial charge in [-0.2, -0.15) is 4.31 Å². The Bertz CT molecular complexity index is 941. The van der Waals surface area contributed by atoms with Gasteiger partial charge >= 0.3 is 0 Å². The van der Waals surface area contributed by atoms with Crippen LogP contribution in [-0.2, 0) is 17.1 Å². The van der Waals surface area contributed by atoms with Crippen LogP contribution in [0, 0.1) is 13.8 Å². The Labute approximate surface area is 155 Å². The van der Waals surface area contributed by atoms with E-state index >= 15 is 0 Å². The Kier molecular flexibility index (Phi) is 4.94. The second kappa shape index (κ2) is 6.89. The van der Waals surface area contributed by atoms with Gasteiger partial charge in [0.05, 0.1) is 0 Å². The average Bonchev–Trinajstić information content (AvgIpc) is 3.23. The summed E-state index contributed by atoms with van der Waals surface area (Å²) < 4.78 is 28.6. The van der Waals surface area contributed by atoms with E-state index in [0.717, 1.165) is 29.7 Å². The number of sulfonamides is 1. The molecular weight excluding hydrogens is 350 g/mol. The van der Waals surface area contributed by atoms with Crippen molar-refractivity contribution in [1.82, 2.24) is 8.87 Å². The molecule has 2 aromatic rings. The van der Waals surface area contributed by atoms with E-state index in [1.807, 2.05) is 32.0 Å². The zero-order valence-corrected chi connectivity index (χ0v) is 16.5. The lowest BCUT2D eigenvalue weighted by atomic mass is 10.1. The Morgan fingerprint density at radius 2 is 1.77 bits per heavy atom. The van der Waals surface area contributed by atoms with E-state index in [4.69, 9.17) is 0 Å². The first-order chi connectivity index (χ1) is 12.2. The van der Waals surface area contributed by atoms with Crippen LogP contribution >= 0.6 is 0 Å². The number of hydrogen-bond donors (Lipinski definition) is 0. The van der Waals surface area contributed by atoms with Gasteiger partial charge in [-0.3, -0.25) is 4.79 Å². The van der Waals surface area contributed by atoms with Gasteiger partial charge in [-0.1, -0.05) is 17.7 Å². The maximum atomic E-state index is 13.0. The monoisotopic (exact) mass is 375 g/mol. The number of carbonyl (C=O) groups is 1. The molecule has 0 bridgehead atoms. The number of benzene rings is 1. The molecule has 0 unspecified atom stereocenters. The van der Waals surface area contributed by atoms with E-state index < -0.39 is 10.0 Å². The summed E-state index contributed by atoms with van der Waals surface area (Å²) in [5, 5.41) is 0. The van der Waals surface area contributed by atoms with Crippen molar-refractivity contribution in [3.63, 3.8) is 0 Å². The Hall–Kier alpha value is -2.12. The maximum Gasteiger partial charge on any atom is 0.274 e. The number of carbonyl (C=O) groups excluding carboxylic acids is 1. The number of hydrogen-bond acceptors (Lipinski definition) is 3. The summed E-state index contributed by atoms with van der Waals surface area (Å²) in [6, 6.07) is 7.37. The van der Waals surface area contributed by atoms with Crippen LogP contribution in [0.2, 0.25) is 0 Å². The first-order valence-electron chi connectivity index (χ1n) is 8.73. The lowest BCUT2D eigenvalue weighted by molar-refractivity contribution is 0.0985. The molecule has 140 valence electrons. The lowest BCUT2D eigenvalue weighted by Gasteiger charge is -2.20. The number of nitrogens with zero attached hydrogens (tertiary/aromatic N) is 3. The molecule has 1 aliphatic rings. The van der Waals surface area contributed by atoms with Gasteiger partial charge in [0, 0.05) is 39.1 Å². The van der Waals surface area contributed by atoms with Crippen molar-refractivity contribution in [2.75, 3.05) is 25.0 Å². The largest absolute Gasteiger partial charge is 0.345 e. The zero-order valence-electron chi connectivity index (χ0n) is 15.7. The first kappa shape index (κ1) is 18.7. The molecule has 6 nitrogen and oxygen atoms in total. The predicted octanol–water partition coefficient (Wildman–Crippen LogP) is 2.70. The van der Waals surface area contributed by atoms with Gasteiger partial charge in [-0.25, -0.2) is 8.42 Å². The van der Waals surface area contributed by atoms with Crippen molar-refractivity contribution in [2.24, 2.45) is 7.05 Å². The van der Waals surface area contributed by atoms with Gasteiger partial charge < -0.3 is 9.47 Å². The number of aromatic nitrogens is 1. The van der Waals surface area contributed by atoms with Crippen molar-refractivity contribution in [1.29, 1.82) is 0 Å². The molecule has 0 atom stereocenters. The fourth-order valence-corrected chi connectivity index (χ4v) is 5.02. The van der Waals surface area contributed by atoms with Gasteiger partial charge in [0.2, 0.25) is 10.0 Å². The van der Waals surface area contributed by atoms with Crippen molar-refractivity contribution in [3.8, 4) is 0 Å². The van der Waals surface area contributed by atoms with Crippen molar-refractivity contribution in [2.45, 2.75) is 31.6 Å². The zero-order chi connectivity index (χ0) is 19.1. The second-order valence-electron chi connectivity index (χ2n) is 6.94. The van der Waals surface area contributed by atoms with E-state index in [1.165, 1.54) is 16.6 Å². The highest BCUT2D eigenvalue weighted by atomic mass is 32.2. The molecule has 1 fully saturated rings. The molecule has 0 spiro atoms. The minimum absolute atomic E-state index is 0.180. The van der Waals surface area contributed by atoms with Crippen LogP contribution in [-0.4, -0.2) is 43.3 Å². The predicted molar refractivity (Wildman–Crippen MR) is 102 cm³/mol. The summed E-state index contributed by atoms with van der Waals surface area (Å²) in [6.45, 7) is 5.05. The van der Waals surface area contributed by atoms with Crippen LogP contribution in [0.4, 0.5) is 5.69 Å². The summed E-state index contributed by atoms with van der Waals surface area (Å²) >= 11 is 0. The van der Waals surface area contributed by atoms with Gasteiger partial charge in [0.1, 0.15) is 10.6 Å². The minimum atomic E-state index is -3.54. The van der Waals surface area contributed by atoms with Gasteiger partial charge in [-0.15, -0.1) is 0 Å². The van der Waals surface area contributed by atoms with Crippen LogP contribution in [0.25, 0.3) is 0 Å². The molecule has 0 N–H and O–H groups in total. The number of rotatable bonds is 4. The SMILES string of the molecule is Cc1ccc(N(C)C(=O)c2cc(S(=O)(=O)N3CCCC3)cn2C)c(C)c1. The third kappa shape index (κ3) is 3.29. The molecule has 1 aliphatic heterocycles. The molecule has 1 aromatic heterocycles. The van der Waals surface area contributed by atoms with Crippen LogP contribution in [0.3, 0.4) is 0 Å². The van der Waals surface area contributed by atoms with E-state index in [2.05, 4.69) is 0 Å². The average molecular weight is 375 g/mol. The molecule has 3 rings (SSSR count). The Morgan fingerprint density at radius 3 is 2.38 bits per heavy atom. The van der Waals surface area contributed by atoms with Crippen molar-refractivity contribution in [3.05, 3.63) is 47.3 Å². The van der Waals surface area contributed by atoms with E-state index in [9.17, 15) is 13.2 Å². The molecule has 1 amide bonds. The first-order valence-corrected chi connectivity index (χ1v) is 10.2. The molecule has 0 saturated carbocycles. The van der Waals surface area contributed by atoms with Gasteiger partial charge in [0.25, 0.3) is 5.91 Å². The summed E-state index contributed by atoms with van der Waals surface area (Å²) in [6.07, 6.45) is 3.29. The smallest absolute Gasteiger partial charge is 0.274 e. The summed E-state index contributed by atoms with van der Waals surface area (Å²) in [5.74, 6) is -0.234. The number of aryl methyl sites for hydroxylation is 3. The third-order valence-corrected chi connectivity index (χ3v) is 6.78. The normalized spacial score (nSPS) is 15.4. The number of amides is 1. The molecule has 26 heavy (non-hydrogen) atoms. The summed E-state index contributed by atoms with van der Waals surface area (Å²) in [5.41, 5.74) is 3.29. The quantitative estimate of drug-likeness (QED) is 0.825.